The Hall–Kier alpha value is -2.40. The Labute approximate surface area is 137 Å². The number of rotatable bonds is 2. The molecule has 1 amide bonds. The van der Waals surface area contributed by atoms with Crippen LogP contribution in [0.4, 0.5) is 5.69 Å². The Bertz CT molecular complexity index is 960. The minimum Gasteiger partial charge on any atom is -0.342 e. The fraction of sp³-hybridized carbons (Fsp3) is 0.235. The van der Waals surface area contributed by atoms with Gasteiger partial charge in [-0.05, 0) is 36.6 Å². The van der Waals surface area contributed by atoms with Crippen LogP contribution < -0.4 is 4.90 Å². The molecule has 0 unspecified atom stereocenters. The summed E-state index contributed by atoms with van der Waals surface area (Å²) in [7, 11) is 0. The van der Waals surface area contributed by atoms with Crippen molar-refractivity contribution in [1.82, 2.24) is 15.0 Å². The molecule has 1 fully saturated rings. The molecule has 0 bridgehead atoms. The van der Waals surface area contributed by atoms with E-state index in [4.69, 9.17) is 11.6 Å². The molecule has 1 N–H and O–H groups in total. The number of amides is 1. The fourth-order valence-corrected chi connectivity index (χ4v) is 3.72. The highest BCUT2D eigenvalue weighted by atomic mass is 35.5. The molecule has 5 nitrogen and oxygen atoms in total. The monoisotopic (exact) mass is 324 g/mol. The molecule has 114 valence electrons. The number of halogens is 1. The van der Waals surface area contributed by atoms with Crippen molar-refractivity contribution < 1.29 is 4.79 Å². The van der Waals surface area contributed by atoms with Crippen LogP contribution in [0.25, 0.3) is 11.0 Å². The summed E-state index contributed by atoms with van der Waals surface area (Å²) in [6.07, 6.45) is 7.04. The topological polar surface area (TPSA) is 61.9 Å². The molecule has 6 heteroatoms. The van der Waals surface area contributed by atoms with Crippen molar-refractivity contribution in [3.63, 3.8) is 0 Å². The van der Waals surface area contributed by atoms with Gasteiger partial charge >= 0.3 is 0 Å². The number of carbonyl (C=O) groups excluding carboxylic acids is 1. The minimum absolute atomic E-state index is 0.185. The third-order valence-electron chi connectivity index (χ3n) is 4.83. The Kier molecular flexibility index (Phi) is 2.46. The fourth-order valence-electron chi connectivity index (χ4n) is 3.55. The number of fused-ring (bicyclic) bond motifs is 3. The number of carbonyl (C=O) groups is 1. The summed E-state index contributed by atoms with van der Waals surface area (Å²) in [5.74, 6) is 0.185. The number of aromatic amines is 1. The summed E-state index contributed by atoms with van der Waals surface area (Å²) in [6.45, 7) is 0.493. The van der Waals surface area contributed by atoms with E-state index in [0.29, 0.717) is 11.6 Å². The highest BCUT2D eigenvalue weighted by Crippen LogP contribution is 2.57. The second-order valence-corrected chi connectivity index (χ2v) is 6.69. The molecule has 1 saturated carbocycles. The second-order valence-electron chi connectivity index (χ2n) is 6.25. The number of aromatic nitrogens is 3. The Balaban J connectivity index is 1.55. The number of H-pyrrole nitrogens is 1. The van der Waals surface area contributed by atoms with Gasteiger partial charge in [-0.2, -0.15) is 0 Å². The van der Waals surface area contributed by atoms with Crippen LogP contribution >= 0.6 is 11.6 Å². The van der Waals surface area contributed by atoms with Crippen LogP contribution in [-0.4, -0.2) is 20.9 Å². The zero-order valence-corrected chi connectivity index (χ0v) is 13.0. The summed E-state index contributed by atoms with van der Waals surface area (Å²) in [5, 5.41) is 1.55. The quantitative estimate of drug-likeness (QED) is 0.787. The van der Waals surface area contributed by atoms with Crippen LogP contribution in [0, 0.1) is 0 Å². The number of anilines is 1. The molecule has 1 aliphatic carbocycles. The van der Waals surface area contributed by atoms with E-state index in [-0.39, 0.29) is 11.3 Å². The smallest absolute Gasteiger partial charge is 0.238 e. The van der Waals surface area contributed by atoms with Crippen LogP contribution in [0.3, 0.4) is 0 Å². The zero-order valence-electron chi connectivity index (χ0n) is 12.2. The third-order valence-corrected chi connectivity index (χ3v) is 5.04. The molecule has 1 spiro atoms. The molecule has 23 heavy (non-hydrogen) atoms. The summed E-state index contributed by atoms with van der Waals surface area (Å²) < 4.78 is 0. The van der Waals surface area contributed by atoms with E-state index in [1.54, 1.807) is 18.6 Å². The normalized spacial score (nSPS) is 18.0. The van der Waals surface area contributed by atoms with Crippen molar-refractivity contribution >= 4 is 34.2 Å². The molecular weight excluding hydrogens is 312 g/mol. The van der Waals surface area contributed by atoms with Crippen molar-refractivity contribution in [1.29, 1.82) is 0 Å². The van der Waals surface area contributed by atoms with Gasteiger partial charge in [0.25, 0.3) is 0 Å². The van der Waals surface area contributed by atoms with Crippen LogP contribution in [0.1, 0.15) is 24.1 Å². The van der Waals surface area contributed by atoms with Gasteiger partial charge < -0.3 is 9.88 Å². The summed E-state index contributed by atoms with van der Waals surface area (Å²) in [5.41, 5.74) is 3.49. The van der Waals surface area contributed by atoms with Crippen molar-refractivity contribution in [2.24, 2.45) is 0 Å². The molecule has 0 atom stereocenters. The van der Waals surface area contributed by atoms with Gasteiger partial charge in [0.2, 0.25) is 5.91 Å². The van der Waals surface area contributed by atoms with Crippen molar-refractivity contribution in [3.05, 3.63) is 53.1 Å². The number of nitrogens with zero attached hydrogens (tertiary/aromatic N) is 3. The van der Waals surface area contributed by atoms with Crippen LogP contribution in [0.2, 0.25) is 5.02 Å². The standard InChI is InChI=1S/C17H13ClN4O/c18-11-5-10-6-12(21-15(10)20-7-11)9-22-14-8-19-4-1-13(14)17(2-3-17)16(22)23/h1,4-8H,2-3,9H2,(H,20,21). The van der Waals surface area contributed by atoms with Gasteiger partial charge in [-0.3, -0.25) is 9.78 Å². The van der Waals surface area contributed by atoms with Crippen LogP contribution in [-0.2, 0) is 16.8 Å². The minimum atomic E-state index is -0.286. The maximum Gasteiger partial charge on any atom is 0.238 e. The predicted molar refractivity (Wildman–Crippen MR) is 87.4 cm³/mol. The summed E-state index contributed by atoms with van der Waals surface area (Å²) in [6, 6.07) is 5.84. The molecule has 3 aromatic rings. The molecule has 4 heterocycles. The Morgan fingerprint density at radius 2 is 2.17 bits per heavy atom. The van der Waals surface area contributed by atoms with E-state index in [0.717, 1.165) is 40.8 Å². The number of pyridine rings is 2. The predicted octanol–water partition coefficient (Wildman–Crippen LogP) is 3.19. The van der Waals surface area contributed by atoms with Crippen LogP contribution in [0.5, 0.6) is 0 Å². The number of nitrogens with one attached hydrogen (secondary N) is 1. The second kappa shape index (κ2) is 4.32. The van der Waals surface area contributed by atoms with Gasteiger partial charge in [0, 0.05) is 23.5 Å². The highest BCUT2D eigenvalue weighted by molar-refractivity contribution is 6.31. The maximum absolute atomic E-state index is 12.9. The molecule has 0 saturated heterocycles. The largest absolute Gasteiger partial charge is 0.342 e. The molecule has 3 aromatic heterocycles. The zero-order chi connectivity index (χ0) is 15.6. The van der Waals surface area contributed by atoms with E-state index in [1.807, 2.05) is 23.1 Å². The number of hydrogen-bond donors (Lipinski definition) is 1. The van der Waals surface area contributed by atoms with Crippen LogP contribution in [0.15, 0.2) is 36.8 Å². The van der Waals surface area contributed by atoms with Gasteiger partial charge in [0.1, 0.15) is 5.65 Å². The molecular formula is C17H13ClN4O. The van der Waals surface area contributed by atoms with E-state index in [9.17, 15) is 4.79 Å². The van der Waals surface area contributed by atoms with Crippen molar-refractivity contribution in [2.45, 2.75) is 24.8 Å². The first-order valence-corrected chi connectivity index (χ1v) is 7.95. The first-order chi connectivity index (χ1) is 11.2. The highest BCUT2D eigenvalue weighted by Gasteiger charge is 2.59. The van der Waals surface area contributed by atoms with E-state index < -0.39 is 0 Å². The van der Waals surface area contributed by atoms with Gasteiger partial charge in [-0.25, -0.2) is 4.98 Å². The molecule has 5 rings (SSSR count). The lowest BCUT2D eigenvalue weighted by Crippen LogP contribution is -2.31. The summed E-state index contributed by atoms with van der Waals surface area (Å²) >= 11 is 5.98. The average Bonchev–Trinajstić information content (AvgIpc) is 3.21. The summed E-state index contributed by atoms with van der Waals surface area (Å²) in [4.78, 5) is 26.4. The van der Waals surface area contributed by atoms with E-state index >= 15 is 0 Å². The van der Waals surface area contributed by atoms with Crippen molar-refractivity contribution in [2.75, 3.05) is 4.90 Å². The average molecular weight is 325 g/mol. The Morgan fingerprint density at radius 1 is 1.30 bits per heavy atom. The van der Waals surface area contributed by atoms with Gasteiger partial charge in [-0.15, -0.1) is 0 Å². The lowest BCUT2D eigenvalue weighted by molar-refractivity contribution is -0.120. The van der Waals surface area contributed by atoms with Gasteiger partial charge in [-0.1, -0.05) is 11.6 Å². The molecule has 2 aliphatic rings. The van der Waals surface area contributed by atoms with Crippen molar-refractivity contribution in [3.8, 4) is 0 Å². The molecule has 0 aromatic carbocycles. The Morgan fingerprint density at radius 3 is 3.00 bits per heavy atom. The lowest BCUT2D eigenvalue weighted by atomic mass is 9.99. The van der Waals surface area contributed by atoms with Gasteiger partial charge in [0.15, 0.2) is 0 Å². The third kappa shape index (κ3) is 1.77. The van der Waals surface area contributed by atoms with E-state index in [2.05, 4.69) is 15.0 Å². The maximum atomic E-state index is 12.9. The lowest BCUT2D eigenvalue weighted by Gasteiger charge is -2.16. The molecule has 1 aliphatic heterocycles. The first-order valence-electron chi connectivity index (χ1n) is 7.57. The molecule has 0 radical (unpaired) electrons. The van der Waals surface area contributed by atoms with Gasteiger partial charge in [0.05, 0.1) is 28.9 Å². The van der Waals surface area contributed by atoms with E-state index in [1.165, 1.54) is 0 Å². The number of hydrogen-bond acceptors (Lipinski definition) is 3. The SMILES string of the molecule is O=C1N(Cc2cc3cc(Cl)cnc3[nH]2)c2cnccc2C12CC2. The first kappa shape index (κ1) is 13.1.